The van der Waals surface area contributed by atoms with Gasteiger partial charge in [-0.25, -0.2) is 9.18 Å². The van der Waals surface area contributed by atoms with Gasteiger partial charge in [-0.05, 0) is 26.0 Å². The standard InChI is InChI=1S/C25H27F3N4O5/c1-13(2)32-12-14(24(34)35)22(33)17-19(29)18(26)21(23(20(17)32)37-25(27)28)31-10-8-30(9-11-31)15-6-4-5-7-16(15)36-3/h4-7,12-13,25H,8-11,29H2,1-3H3,(H,34,35). The number of carboxylic acid groups (broad SMARTS) is 1. The number of hydrogen-bond donors (Lipinski definition) is 2. The number of para-hydroxylation sites is 2. The molecule has 0 amide bonds. The summed E-state index contributed by atoms with van der Waals surface area (Å²) in [5, 5.41) is 8.98. The highest BCUT2D eigenvalue weighted by molar-refractivity contribution is 6.03. The predicted octanol–water partition coefficient (Wildman–Crippen LogP) is 3.94. The minimum absolute atomic E-state index is 0.189. The molecule has 1 aliphatic rings. The molecule has 0 unspecified atom stereocenters. The van der Waals surface area contributed by atoms with Crippen LogP contribution in [0.3, 0.4) is 0 Å². The van der Waals surface area contributed by atoms with E-state index in [4.69, 9.17) is 15.2 Å². The van der Waals surface area contributed by atoms with E-state index in [9.17, 15) is 23.5 Å². The molecule has 0 spiro atoms. The highest BCUT2D eigenvalue weighted by atomic mass is 19.3. The molecule has 12 heteroatoms. The van der Waals surface area contributed by atoms with Gasteiger partial charge in [-0.2, -0.15) is 8.78 Å². The van der Waals surface area contributed by atoms with Crippen LogP contribution in [0.2, 0.25) is 0 Å². The van der Waals surface area contributed by atoms with Crippen LogP contribution in [-0.2, 0) is 0 Å². The summed E-state index contributed by atoms with van der Waals surface area (Å²) < 4.78 is 54.6. The number of ether oxygens (including phenoxy) is 2. The van der Waals surface area contributed by atoms with Crippen molar-refractivity contribution in [2.75, 3.05) is 48.8 Å². The molecular formula is C25H27F3N4O5. The van der Waals surface area contributed by atoms with Gasteiger partial charge < -0.3 is 34.7 Å². The molecule has 2 aromatic carbocycles. The van der Waals surface area contributed by atoms with Crippen molar-refractivity contribution in [3.05, 3.63) is 52.1 Å². The number of methoxy groups -OCH3 is 1. The molecule has 3 N–H and O–H groups in total. The van der Waals surface area contributed by atoms with Crippen LogP contribution in [0.5, 0.6) is 11.5 Å². The fraction of sp³-hybridized carbons (Fsp3) is 0.360. The Balaban J connectivity index is 1.89. The fourth-order valence-corrected chi connectivity index (χ4v) is 4.67. The Hall–Kier alpha value is -4.09. The van der Waals surface area contributed by atoms with E-state index in [1.54, 1.807) is 21.0 Å². The molecule has 37 heavy (non-hydrogen) atoms. The average molecular weight is 521 g/mol. The molecule has 1 aromatic heterocycles. The lowest BCUT2D eigenvalue weighted by molar-refractivity contribution is -0.0488. The first-order valence-corrected chi connectivity index (χ1v) is 11.6. The van der Waals surface area contributed by atoms with Gasteiger partial charge in [0, 0.05) is 38.4 Å². The number of nitrogen functional groups attached to an aromatic ring is 1. The van der Waals surface area contributed by atoms with Gasteiger partial charge in [0.05, 0.1) is 29.4 Å². The summed E-state index contributed by atoms with van der Waals surface area (Å²) in [6.45, 7) is 1.23. The second-order valence-corrected chi connectivity index (χ2v) is 8.83. The zero-order valence-corrected chi connectivity index (χ0v) is 20.5. The highest BCUT2D eigenvalue weighted by Gasteiger charge is 2.32. The third kappa shape index (κ3) is 4.58. The van der Waals surface area contributed by atoms with E-state index in [0.717, 1.165) is 11.9 Å². The third-order valence-electron chi connectivity index (χ3n) is 6.39. The predicted molar refractivity (Wildman–Crippen MR) is 134 cm³/mol. The minimum Gasteiger partial charge on any atom is -0.495 e. The van der Waals surface area contributed by atoms with Gasteiger partial charge in [-0.15, -0.1) is 0 Å². The third-order valence-corrected chi connectivity index (χ3v) is 6.39. The summed E-state index contributed by atoms with van der Waals surface area (Å²) in [6, 6.07) is 6.90. The number of alkyl halides is 2. The van der Waals surface area contributed by atoms with Gasteiger partial charge in [0.25, 0.3) is 0 Å². The molecule has 4 rings (SSSR count). The zero-order valence-electron chi connectivity index (χ0n) is 20.5. The molecule has 1 fully saturated rings. The number of anilines is 3. The van der Waals surface area contributed by atoms with Crippen LogP contribution >= 0.6 is 0 Å². The first-order chi connectivity index (χ1) is 17.6. The topological polar surface area (TPSA) is 110 Å². The van der Waals surface area contributed by atoms with E-state index in [-0.39, 0.29) is 24.3 Å². The fourth-order valence-electron chi connectivity index (χ4n) is 4.67. The highest BCUT2D eigenvalue weighted by Crippen LogP contribution is 2.44. The summed E-state index contributed by atoms with van der Waals surface area (Å²) in [7, 11) is 1.56. The summed E-state index contributed by atoms with van der Waals surface area (Å²) in [5.74, 6) is -2.57. The van der Waals surface area contributed by atoms with Crippen molar-refractivity contribution in [3.8, 4) is 11.5 Å². The van der Waals surface area contributed by atoms with E-state index in [0.29, 0.717) is 18.8 Å². The molecule has 0 bridgehead atoms. The van der Waals surface area contributed by atoms with Gasteiger partial charge in [0.2, 0.25) is 5.43 Å². The molecule has 9 nitrogen and oxygen atoms in total. The normalized spacial score (nSPS) is 14.1. The van der Waals surface area contributed by atoms with Crippen LogP contribution in [0.15, 0.2) is 35.3 Å². The number of rotatable bonds is 7. The quantitative estimate of drug-likeness (QED) is 0.451. The lowest BCUT2D eigenvalue weighted by atomic mass is 10.0. The minimum atomic E-state index is -3.34. The summed E-state index contributed by atoms with van der Waals surface area (Å²) in [5.41, 5.74) is 4.02. The Morgan fingerprint density at radius 2 is 1.73 bits per heavy atom. The number of aromatic carboxylic acids is 1. The molecule has 2 heterocycles. The van der Waals surface area contributed by atoms with Crippen LogP contribution in [0, 0.1) is 5.82 Å². The maximum Gasteiger partial charge on any atom is 0.387 e. The Morgan fingerprint density at radius 3 is 2.30 bits per heavy atom. The van der Waals surface area contributed by atoms with Crippen LogP contribution in [0.1, 0.15) is 30.2 Å². The molecule has 3 aromatic rings. The SMILES string of the molecule is COc1ccccc1N1CCN(c2c(F)c(N)c3c(=O)c(C(=O)O)cn(C(C)C)c3c2OC(F)F)CC1. The number of halogens is 3. The second kappa shape index (κ2) is 10.1. The van der Waals surface area contributed by atoms with Crippen LogP contribution in [0.4, 0.5) is 30.2 Å². The van der Waals surface area contributed by atoms with E-state index in [1.165, 1.54) is 9.47 Å². The Kier molecular flexibility index (Phi) is 7.10. The number of pyridine rings is 1. The van der Waals surface area contributed by atoms with Gasteiger partial charge in [-0.1, -0.05) is 12.1 Å². The van der Waals surface area contributed by atoms with E-state index < -0.39 is 52.3 Å². The second-order valence-electron chi connectivity index (χ2n) is 8.83. The number of benzene rings is 2. The maximum atomic E-state index is 15.8. The molecule has 1 aliphatic heterocycles. The van der Waals surface area contributed by atoms with E-state index >= 15 is 4.39 Å². The Morgan fingerprint density at radius 1 is 1.11 bits per heavy atom. The number of nitrogens with two attached hydrogens (primary N) is 1. The number of aromatic nitrogens is 1. The van der Waals surface area contributed by atoms with Crippen molar-refractivity contribution >= 4 is 33.9 Å². The molecule has 0 radical (unpaired) electrons. The number of fused-ring (bicyclic) bond motifs is 1. The van der Waals surface area contributed by atoms with Crippen molar-refractivity contribution in [2.24, 2.45) is 0 Å². The van der Waals surface area contributed by atoms with Crippen LogP contribution in [0.25, 0.3) is 10.9 Å². The zero-order chi connectivity index (χ0) is 27.0. The van der Waals surface area contributed by atoms with Crippen LogP contribution in [-0.4, -0.2) is 55.5 Å². The van der Waals surface area contributed by atoms with Gasteiger partial charge in [-0.3, -0.25) is 4.79 Å². The van der Waals surface area contributed by atoms with Crippen molar-refractivity contribution in [3.63, 3.8) is 0 Å². The van der Waals surface area contributed by atoms with Gasteiger partial charge in [0.1, 0.15) is 17.0 Å². The summed E-state index contributed by atoms with van der Waals surface area (Å²) >= 11 is 0. The number of hydrogen-bond acceptors (Lipinski definition) is 7. The maximum absolute atomic E-state index is 15.8. The molecule has 1 saturated heterocycles. The molecule has 0 saturated carbocycles. The number of nitrogens with zero attached hydrogens (tertiary/aromatic N) is 3. The lowest BCUT2D eigenvalue weighted by Gasteiger charge is -2.38. The first-order valence-electron chi connectivity index (χ1n) is 11.6. The van der Waals surface area contributed by atoms with Crippen LogP contribution < -0.4 is 30.4 Å². The Bertz CT molecular complexity index is 1400. The lowest BCUT2D eigenvalue weighted by Crippen LogP contribution is -2.47. The number of carbonyl (C=O) groups is 1. The smallest absolute Gasteiger partial charge is 0.387 e. The largest absolute Gasteiger partial charge is 0.495 e. The van der Waals surface area contributed by atoms with Crippen molar-refractivity contribution in [2.45, 2.75) is 26.5 Å². The molecule has 198 valence electrons. The average Bonchev–Trinajstić information content (AvgIpc) is 2.86. The number of piperazine rings is 1. The molecule has 0 atom stereocenters. The van der Waals surface area contributed by atoms with Gasteiger partial charge in [0.15, 0.2) is 11.6 Å². The van der Waals surface area contributed by atoms with E-state index in [1.807, 2.05) is 29.2 Å². The molecule has 0 aliphatic carbocycles. The monoisotopic (exact) mass is 520 g/mol. The Labute approximate surface area is 210 Å². The number of carboxylic acids is 1. The van der Waals surface area contributed by atoms with Crippen molar-refractivity contribution in [1.29, 1.82) is 0 Å². The van der Waals surface area contributed by atoms with Crippen molar-refractivity contribution in [1.82, 2.24) is 4.57 Å². The van der Waals surface area contributed by atoms with E-state index in [2.05, 4.69) is 0 Å². The first kappa shape index (κ1) is 26.0. The van der Waals surface area contributed by atoms with Gasteiger partial charge >= 0.3 is 12.6 Å². The summed E-state index contributed by atoms with van der Waals surface area (Å²) in [4.78, 5) is 28.2. The summed E-state index contributed by atoms with van der Waals surface area (Å²) in [6.07, 6.45) is 1.04. The van der Waals surface area contributed by atoms with Crippen molar-refractivity contribution < 1.29 is 32.5 Å². The molecular weight excluding hydrogens is 493 g/mol.